The third-order valence-corrected chi connectivity index (χ3v) is 6.22. The first-order valence-corrected chi connectivity index (χ1v) is 7.89. The SMILES string of the molecule is CC1(NS(=O)(=O)c2cc3c(=O)[nH]c(=O)[nH]c3s2)CC1. The Morgan fingerprint density at radius 3 is 2.63 bits per heavy atom. The zero-order valence-corrected chi connectivity index (χ0v) is 11.6. The fraction of sp³-hybridized carbons (Fsp3) is 0.400. The van der Waals surface area contributed by atoms with Crippen LogP contribution in [0.1, 0.15) is 19.8 Å². The van der Waals surface area contributed by atoms with Gasteiger partial charge in [-0.15, -0.1) is 11.3 Å². The van der Waals surface area contributed by atoms with Gasteiger partial charge in [-0.05, 0) is 25.8 Å². The fourth-order valence-corrected chi connectivity index (χ4v) is 4.56. The van der Waals surface area contributed by atoms with Gasteiger partial charge in [0.1, 0.15) is 9.04 Å². The van der Waals surface area contributed by atoms with E-state index < -0.39 is 21.3 Å². The Hall–Kier alpha value is -1.45. The molecule has 2 aromatic heterocycles. The second kappa shape index (κ2) is 3.78. The van der Waals surface area contributed by atoms with Crippen LogP contribution in [0.2, 0.25) is 0 Å². The van der Waals surface area contributed by atoms with Gasteiger partial charge in [0.05, 0.1) is 5.39 Å². The molecule has 0 amide bonds. The van der Waals surface area contributed by atoms with Crippen LogP contribution in [0, 0.1) is 0 Å². The summed E-state index contributed by atoms with van der Waals surface area (Å²) in [5.74, 6) is 0. The number of nitrogens with one attached hydrogen (secondary N) is 3. The summed E-state index contributed by atoms with van der Waals surface area (Å²) >= 11 is 0.875. The maximum Gasteiger partial charge on any atom is 0.326 e. The number of thiophene rings is 1. The number of sulfonamides is 1. The van der Waals surface area contributed by atoms with Crippen LogP contribution in [-0.2, 0) is 10.0 Å². The van der Waals surface area contributed by atoms with Crippen LogP contribution in [0.3, 0.4) is 0 Å². The molecule has 3 rings (SSSR count). The van der Waals surface area contributed by atoms with E-state index >= 15 is 0 Å². The highest BCUT2D eigenvalue weighted by molar-refractivity contribution is 7.91. The van der Waals surface area contributed by atoms with Crippen molar-refractivity contribution in [1.29, 1.82) is 0 Å². The van der Waals surface area contributed by atoms with Crippen LogP contribution >= 0.6 is 11.3 Å². The van der Waals surface area contributed by atoms with Gasteiger partial charge in [0.25, 0.3) is 15.6 Å². The predicted octanol–water partition coefficient (Wildman–Crippen LogP) is 0.109. The number of aromatic nitrogens is 2. The van der Waals surface area contributed by atoms with Crippen LogP contribution < -0.4 is 16.0 Å². The Morgan fingerprint density at radius 1 is 1.32 bits per heavy atom. The first-order chi connectivity index (χ1) is 8.79. The zero-order valence-electron chi connectivity index (χ0n) is 9.94. The number of fused-ring (bicyclic) bond motifs is 1. The zero-order chi connectivity index (χ0) is 13.8. The van der Waals surface area contributed by atoms with Crippen molar-refractivity contribution in [1.82, 2.24) is 14.7 Å². The first-order valence-electron chi connectivity index (χ1n) is 5.59. The molecule has 1 aliphatic rings. The van der Waals surface area contributed by atoms with Gasteiger partial charge in [-0.2, -0.15) is 0 Å². The van der Waals surface area contributed by atoms with Gasteiger partial charge in [0, 0.05) is 5.54 Å². The van der Waals surface area contributed by atoms with Crippen molar-refractivity contribution in [2.75, 3.05) is 0 Å². The van der Waals surface area contributed by atoms with E-state index in [-0.39, 0.29) is 20.0 Å². The molecule has 2 heterocycles. The lowest BCUT2D eigenvalue weighted by molar-refractivity contribution is 0.560. The molecule has 0 saturated heterocycles. The second-order valence-electron chi connectivity index (χ2n) is 4.88. The van der Waals surface area contributed by atoms with E-state index in [2.05, 4.69) is 14.7 Å². The maximum absolute atomic E-state index is 12.1. The highest BCUT2D eigenvalue weighted by Gasteiger charge is 2.41. The summed E-state index contributed by atoms with van der Waals surface area (Å²) in [6, 6.07) is 1.28. The smallest absolute Gasteiger partial charge is 0.298 e. The first kappa shape index (κ1) is 12.6. The van der Waals surface area contributed by atoms with Gasteiger partial charge in [0.2, 0.25) is 0 Å². The molecule has 102 valence electrons. The van der Waals surface area contributed by atoms with Crippen LogP contribution in [0.5, 0.6) is 0 Å². The van der Waals surface area contributed by atoms with Crippen molar-refractivity contribution in [3.8, 4) is 0 Å². The standard InChI is InChI=1S/C10H11N3O4S2/c1-10(2-3-10)13-19(16,17)6-4-5-7(14)11-9(15)12-8(5)18-6/h4,13H,2-3H2,1H3,(H2,11,12,14,15). The highest BCUT2D eigenvalue weighted by Crippen LogP contribution is 2.37. The van der Waals surface area contributed by atoms with E-state index in [4.69, 9.17) is 0 Å². The van der Waals surface area contributed by atoms with Crippen molar-refractivity contribution in [3.05, 3.63) is 26.9 Å². The highest BCUT2D eigenvalue weighted by atomic mass is 32.2. The lowest BCUT2D eigenvalue weighted by Gasteiger charge is -2.09. The Labute approximate surface area is 111 Å². The van der Waals surface area contributed by atoms with Crippen molar-refractivity contribution in [2.24, 2.45) is 0 Å². The minimum atomic E-state index is -3.65. The van der Waals surface area contributed by atoms with Gasteiger partial charge in [-0.1, -0.05) is 0 Å². The quantitative estimate of drug-likeness (QED) is 0.747. The van der Waals surface area contributed by atoms with Crippen LogP contribution in [-0.4, -0.2) is 23.9 Å². The molecule has 9 heteroatoms. The summed E-state index contributed by atoms with van der Waals surface area (Å²) in [4.78, 5) is 27.4. The Kier molecular flexibility index (Phi) is 2.50. The average Bonchev–Trinajstić information content (AvgIpc) is 2.83. The molecule has 1 saturated carbocycles. The van der Waals surface area contributed by atoms with E-state index in [0.29, 0.717) is 0 Å². The van der Waals surface area contributed by atoms with Gasteiger partial charge in [0.15, 0.2) is 0 Å². The lowest BCUT2D eigenvalue weighted by atomic mass is 10.4. The monoisotopic (exact) mass is 301 g/mol. The Balaban J connectivity index is 2.13. The van der Waals surface area contributed by atoms with E-state index in [1.165, 1.54) is 6.07 Å². The minimum Gasteiger partial charge on any atom is -0.298 e. The molecular weight excluding hydrogens is 290 g/mol. The van der Waals surface area contributed by atoms with Gasteiger partial charge < -0.3 is 0 Å². The molecule has 0 radical (unpaired) electrons. The third kappa shape index (κ3) is 2.24. The van der Waals surface area contributed by atoms with E-state index in [9.17, 15) is 18.0 Å². The fourth-order valence-electron chi connectivity index (χ4n) is 1.73. The largest absolute Gasteiger partial charge is 0.326 e. The predicted molar refractivity (Wildman–Crippen MR) is 71.0 cm³/mol. The minimum absolute atomic E-state index is 0.0305. The summed E-state index contributed by atoms with van der Waals surface area (Å²) in [5, 5.41) is 0.172. The normalized spacial score (nSPS) is 17.7. The maximum atomic E-state index is 12.1. The molecule has 0 unspecified atom stereocenters. The molecule has 0 aromatic carbocycles. The summed E-state index contributed by atoms with van der Waals surface area (Å²) in [6.45, 7) is 1.83. The summed E-state index contributed by atoms with van der Waals surface area (Å²) in [5.41, 5.74) is -1.62. The lowest BCUT2D eigenvalue weighted by Crippen LogP contribution is -2.33. The molecule has 3 N–H and O–H groups in total. The van der Waals surface area contributed by atoms with Crippen LogP contribution in [0.25, 0.3) is 10.2 Å². The van der Waals surface area contributed by atoms with E-state index in [1.807, 2.05) is 6.92 Å². The van der Waals surface area contributed by atoms with Crippen LogP contribution in [0.4, 0.5) is 0 Å². The molecule has 2 aromatic rings. The molecular formula is C10H11N3O4S2. The number of rotatable bonds is 3. The average molecular weight is 301 g/mol. The Bertz CT molecular complexity index is 870. The van der Waals surface area contributed by atoms with E-state index in [0.717, 1.165) is 24.2 Å². The van der Waals surface area contributed by atoms with Gasteiger partial charge in [-0.3, -0.25) is 14.8 Å². The Morgan fingerprint density at radius 2 is 2.00 bits per heavy atom. The van der Waals surface area contributed by atoms with Crippen molar-refractivity contribution >= 4 is 31.6 Å². The third-order valence-electron chi connectivity index (χ3n) is 3.05. The molecule has 0 bridgehead atoms. The topological polar surface area (TPSA) is 112 Å². The molecule has 1 aliphatic carbocycles. The van der Waals surface area contributed by atoms with Crippen molar-refractivity contribution < 1.29 is 8.42 Å². The molecule has 0 aliphatic heterocycles. The summed E-state index contributed by atoms with van der Waals surface area (Å²) < 4.78 is 26.9. The summed E-state index contributed by atoms with van der Waals surface area (Å²) in [7, 11) is -3.65. The van der Waals surface area contributed by atoms with E-state index in [1.54, 1.807) is 0 Å². The molecule has 1 fully saturated rings. The molecule has 7 nitrogen and oxygen atoms in total. The number of hydrogen-bond donors (Lipinski definition) is 3. The molecule has 0 spiro atoms. The van der Waals surface area contributed by atoms with Gasteiger partial charge in [-0.25, -0.2) is 17.9 Å². The number of H-pyrrole nitrogens is 2. The number of aromatic amines is 2. The summed E-state index contributed by atoms with van der Waals surface area (Å²) in [6.07, 6.45) is 1.60. The molecule has 0 atom stereocenters. The second-order valence-corrected chi connectivity index (χ2v) is 7.84. The molecule has 19 heavy (non-hydrogen) atoms. The van der Waals surface area contributed by atoms with Crippen molar-refractivity contribution in [2.45, 2.75) is 29.5 Å². The van der Waals surface area contributed by atoms with Crippen molar-refractivity contribution in [3.63, 3.8) is 0 Å². The van der Waals surface area contributed by atoms with Gasteiger partial charge >= 0.3 is 5.69 Å². The van der Waals surface area contributed by atoms with Crippen LogP contribution in [0.15, 0.2) is 19.9 Å². The number of hydrogen-bond acceptors (Lipinski definition) is 5.